The highest BCUT2D eigenvalue weighted by molar-refractivity contribution is 7.80. The van der Waals surface area contributed by atoms with Crippen molar-refractivity contribution in [1.29, 1.82) is 0 Å². The van der Waals surface area contributed by atoms with E-state index in [9.17, 15) is 5.11 Å². The molecule has 3 heterocycles. The Labute approximate surface area is 216 Å². The Morgan fingerprint density at radius 1 is 1.03 bits per heavy atom. The summed E-state index contributed by atoms with van der Waals surface area (Å²) in [6, 6.07) is 21.2. The summed E-state index contributed by atoms with van der Waals surface area (Å²) in [4.78, 5) is 6.61. The number of hydrogen-bond acceptors (Lipinski definition) is 3. The number of phenols is 1. The second-order valence-electron chi connectivity index (χ2n) is 8.77. The highest BCUT2D eigenvalue weighted by Crippen LogP contribution is 2.46. The van der Waals surface area contributed by atoms with Crippen LogP contribution < -0.4 is 10.2 Å². The first kappa shape index (κ1) is 23.4. The summed E-state index contributed by atoms with van der Waals surface area (Å²) in [5.74, 6) is 0.121. The Balaban J connectivity index is 1.72. The molecule has 4 aromatic rings. The first-order valence-corrected chi connectivity index (χ1v) is 12.5. The number of thiocarbonyl (C=S) groups is 1. The van der Waals surface area contributed by atoms with Gasteiger partial charge in [-0.3, -0.25) is 4.98 Å². The number of rotatable bonds is 5. The van der Waals surface area contributed by atoms with Crippen molar-refractivity contribution in [2.24, 2.45) is 0 Å². The molecule has 5 nitrogen and oxygen atoms in total. The third-order valence-electron chi connectivity index (χ3n) is 6.70. The maximum Gasteiger partial charge on any atom is 0.174 e. The highest BCUT2D eigenvalue weighted by Gasteiger charge is 2.43. The van der Waals surface area contributed by atoms with Crippen molar-refractivity contribution < 1.29 is 5.11 Å². The van der Waals surface area contributed by atoms with Gasteiger partial charge in [-0.2, -0.15) is 0 Å². The number of benzene rings is 2. The molecule has 178 valence electrons. The van der Waals surface area contributed by atoms with E-state index in [-0.39, 0.29) is 17.8 Å². The van der Waals surface area contributed by atoms with Crippen LogP contribution in [0, 0.1) is 13.8 Å². The maximum atomic E-state index is 10.8. The van der Waals surface area contributed by atoms with Crippen molar-refractivity contribution in [2.45, 2.75) is 39.3 Å². The van der Waals surface area contributed by atoms with E-state index in [0.29, 0.717) is 15.8 Å². The van der Waals surface area contributed by atoms with E-state index in [0.717, 1.165) is 29.1 Å². The van der Waals surface area contributed by atoms with Gasteiger partial charge in [-0.15, -0.1) is 0 Å². The number of hydrogen-bond donors (Lipinski definition) is 2. The number of anilines is 1. The number of nitrogens with zero attached hydrogens (tertiary/aromatic N) is 3. The minimum Gasteiger partial charge on any atom is -0.506 e. The summed E-state index contributed by atoms with van der Waals surface area (Å²) < 4.78 is 2.31. The summed E-state index contributed by atoms with van der Waals surface area (Å²) in [7, 11) is 0. The monoisotopic (exact) mass is 502 g/mol. The van der Waals surface area contributed by atoms with Crippen molar-refractivity contribution in [2.75, 3.05) is 4.90 Å². The zero-order valence-corrected chi connectivity index (χ0v) is 21.4. The van der Waals surface area contributed by atoms with Gasteiger partial charge >= 0.3 is 0 Å². The molecule has 0 amide bonds. The van der Waals surface area contributed by atoms with Gasteiger partial charge in [0, 0.05) is 28.3 Å². The van der Waals surface area contributed by atoms with Gasteiger partial charge in [-0.25, -0.2) is 0 Å². The van der Waals surface area contributed by atoms with E-state index in [4.69, 9.17) is 23.8 Å². The predicted octanol–water partition coefficient (Wildman–Crippen LogP) is 6.59. The fraction of sp³-hybridized carbons (Fsp3) is 0.214. The minimum absolute atomic E-state index is 0.121. The molecule has 2 aromatic carbocycles. The van der Waals surface area contributed by atoms with Gasteiger partial charge in [-0.05, 0) is 86.1 Å². The number of phenolic OH excluding ortho intramolecular Hbond substituents is 1. The van der Waals surface area contributed by atoms with Crippen molar-refractivity contribution >= 4 is 34.6 Å². The van der Waals surface area contributed by atoms with Gasteiger partial charge in [0.05, 0.1) is 23.5 Å². The predicted molar refractivity (Wildman–Crippen MR) is 146 cm³/mol. The molecule has 1 aliphatic rings. The zero-order chi connectivity index (χ0) is 24.7. The molecule has 1 saturated heterocycles. The van der Waals surface area contributed by atoms with Crippen LogP contribution in [0.3, 0.4) is 0 Å². The van der Waals surface area contributed by atoms with Crippen LogP contribution in [0.5, 0.6) is 5.75 Å². The smallest absolute Gasteiger partial charge is 0.174 e. The number of halogens is 1. The molecular weight excluding hydrogens is 476 g/mol. The molecule has 0 unspecified atom stereocenters. The largest absolute Gasteiger partial charge is 0.506 e. The number of nitrogens with one attached hydrogen (secondary N) is 1. The summed E-state index contributed by atoms with van der Waals surface area (Å²) in [6.45, 7) is 6.44. The number of aromatic nitrogens is 2. The summed E-state index contributed by atoms with van der Waals surface area (Å²) in [5, 5.41) is 15.3. The molecule has 1 fully saturated rings. The van der Waals surface area contributed by atoms with Crippen LogP contribution in [-0.4, -0.2) is 19.8 Å². The maximum absolute atomic E-state index is 10.8. The average Bonchev–Trinajstić information content (AvgIpc) is 3.36. The lowest BCUT2D eigenvalue weighted by atomic mass is 9.96. The lowest BCUT2D eigenvalue weighted by molar-refractivity contribution is 0.472. The molecule has 7 heteroatoms. The molecule has 0 aliphatic carbocycles. The summed E-state index contributed by atoms with van der Waals surface area (Å²) in [6.07, 6.45) is 2.73. The van der Waals surface area contributed by atoms with Crippen LogP contribution in [0.25, 0.3) is 5.69 Å². The Kier molecular flexibility index (Phi) is 6.26. The normalized spacial score (nSPS) is 17.6. The molecular formula is C28H27ClN4OS. The van der Waals surface area contributed by atoms with Crippen molar-refractivity contribution in [3.8, 4) is 11.4 Å². The Bertz CT molecular complexity index is 1400. The fourth-order valence-electron chi connectivity index (χ4n) is 5.11. The Hall–Kier alpha value is -3.35. The molecule has 0 bridgehead atoms. The number of aryl methyl sites for hydroxylation is 2. The molecule has 5 rings (SSSR count). The number of pyridine rings is 1. The third kappa shape index (κ3) is 4.07. The van der Waals surface area contributed by atoms with Gasteiger partial charge in [0.2, 0.25) is 0 Å². The van der Waals surface area contributed by atoms with Gasteiger partial charge in [-0.1, -0.05) is 42.8 Å². The van der Waals surface area contributed by atoms with E-state index in [1.54, 1.807) is 24.4 Å². The molecule has 2 N–H and O–H groups in total. The first-order chi connectivity index (χ1) is 16.9. The van der Waals surface area contributed by atoms with Crippen molar-refractivity contribution in [1.82, 2.24) is 14.9 Å². The van der Waals surface area contributed by atoms with E-state index >= 15 is 0 Å². The van der Waals surface area contributed by atoms with Crippen LogP contribution in [0.15, 0.2) is 72.9 Å². The number of aromatic hydroxyl groups is 1. The van der Waals surface area contributed by atoms with E-state index < -0.39 is 0 Å². The lowest BCUT2D eigenvalue weighted by Crippen LogP contribution is -2.29. The van der Waals surface area contributed by atoms with Crippen LogP contribution in [-0.2, 0) is 6.42 Å². The SMILES string of the molecule is CCc1ccccc1-n1c(C)cc([C@@H]2[C@H](c3ccccn3)NC(=S)N2c2cc(Cl)ccc2O)c1C. The van der Waals surface area contributed by atoms with E-state index in [2.05, 4.69) is 66.0 Å². The molecule has 2 atom stereocenters. The quantitative estimate of drug-likeness (QED) is 0.301. The Morgan fingerprint density at radius 3 is 2.54 bits per heavy atom. The lowest BCUT2D eigenvalue weighted by Gasteiger charge is -2.29. The van der Waals surface area contributed by atoms with E-state index in [1.165, 1.54) is 11.3 Å². The van der Waals surface area contributed by atoms with Crippen LogP contribution in [0.2, 0.25) is 5.02 Å². The average molecular weight is 503 g/mol. The summed E-state index contributed by atoms with van der Waals surface area (Å²) in [5.41, 5.74) is 7.26. The van der Waals surface area contributed by atoms with Gasteiger partial charge < -0.3 is 19.9 Å². The second kappa shape index (κ2) is 9.36. The van der Waals surface area contributed by atoms with E-state index in [1.807, 2.05) is 23.1 Å². The molecule has 1 aliphatic heterocycles. The molecule has 2 aromatic heterocycles. The van der Waals surface area contributed by atoms with Crippen LogP contribution in [0.1, 0.15) is 47.2 Å². The minimum atomic E-state index is -0.240. The zero-order valence-electron chi connectivity index (χ0n) is 19.9. The highest BCUT2D eigenvalue weighted by atomic mass is 35.5. The first-order valence-electron chi connectivity index (χ1n) is 11.7. The van der Waals surface area contributed by atoms with Crippen molar-refractivity contribution in [3.05, 3.63) is 106 Å². The molecule has 35 heavy (non-hydrogen) atoms. The fourth-order valence-corrected chi connectivity index (χ4v) is 5.61. The van der Waals surface area contributed by atoms with Gasteiger partial charge in [0.1, 0.15) is 5.75 Å². The van der Waals surface area contributed by atoms with Crippen LogP contribution >= 0.6 is 23.8 Å². The number of para-hydroxylation sites is 1. The van der Waals surface area contributed by atoms with Crippen molar-refractivity contribution in [3.63, 3.8) is 0 Å². The third-order valence-corrected chi connectivity index (χ3v) is 7.25. The standard InChI is InChI=1S/C28H27ClN4OS/c1-4-19-9-5-6-11-23(19)32-17(2)15-21(18(32)3)27-26(22-10-7-8-14-30-22)31-28(35)33(27)24-16-20(29)12-13-25(24)34/h5-16,26-27,34H,4H2,1-3H3,(H,31,35)/t26-,27+/m0/s1. The molecule has 0 saturated carbocycles. The van der Waals surface area contributed by atoms with Crippen LogP contribution in [0.4, 0.5) is 5.69 Å². The summed E-state index contributed by atoms with van der Waals surface area (Å²) >= 11 is 12.2. The molecule has 0 radical (unpaired) electrons. The second-order valence-corrected chi connectivity index (χ2v) is 9.60. The Morgan fingerprint density at radius 2 is 1.80 bits per heavy atom. The topological polar surface area (TPSA) is 53.3 Å². The van der Waals surface area contributed by atoms with Gasteiger partial charge in [0.15, 0.2) is 5.11 Å². The van der Waals surface area contributed by atoms with Gasteiger partial charge in [0.25, 0.3) is 0 Å². The molecule has 0 spiro atoms.